The second-order valence-corrected chi connectivity index (χ2v) is 6.26. The molecular formula is C13H21NO3. The van der Waals surface area contributed by atoms with Crippen molar-refractivity contribution in [3.8, 4) is 0 Å². The molecule has 4 heteroatoms. The maximum atomic E-state index is 12.1. The Hall–Kier alpha value is -1.06. The van der Waals surface area contributed by atoms with Crippen molar-refractivity contribution in [3.63, 3.8) is 0 Å². The average Bonchev–Trinajstić information content (AvgIpc) is 2.55. The molecule has 0 aromatic rings. The first-order valence-corrected chi connectivity index (χ1v) is 6.32. The molecule has 2 fully saturated rings. The quantitative estimate of drug-likeness (QED) is 0.660. The standard InChI is InChI=1S/C13H21NO3/c1-12(2,3)17-11(16)14-6-4-5-13(14)7-10(8-13)9-15/h9-10H,4-8H2,1-3H3. The molecule has 17 heavy (non-hydrogen) atoms. The molecule has 1 saturated carbocycles. The van der Waals surface area contributed by atoms with Crippen LogP contribution in [0.15, 0.2) is 0 Å². The van der Waals surface area contributed by atoms with E-state index in [-0.39, 0.29) is 17.6 Å². The van der Waals surface area contributed by atoms with Crippen LogP contribution in [0.1, 0.15) is 46.5 Å². The van der Waals surface area contributed by atoms with Crippen molar-refractivity contribution in [2.24, 2.45) is 5.92 Å². The lowest BCUT2D eigenvalue weighted by molar-refractivity contribution is -0.118. The summed E-state index contributed by atoms with van der Waals surface area (Å²) in [6.45, 7) is 6.40. The Kier molecular flexibility index (Phi) is 2.92. The van der Waals surface area contributed by atoms with Crippen molar-refractivity contribution in [3.05, 3.63) is 0 Å². The second kappa shape index (κ2) is 4.00. The maximum absolute atomic E-state index is 12.1. The van der Waals surface area contributed by atoms with E-state index in [9.17, 15) is 9.59 Å². The number of ether oxygens (including phenoxy) is 1. The number of hydrogen-bond acceptors (Lipinski definition) is 3. The number of rotatable bonds is 1. The van der Waals surface area contributed by atoms with Gasteiger partial charge in [-0.2, -0.15) is 0 Å². The van der Waals surface area contributed by atoms with Crippen LogP contribution in [-0.2, 0) is 9.53 Å². The lowest BCUT2D eigenvalue weighted by Gasteiger charge is -2.48. The van der Waals surface area contributed by atoms with Gasteiger partial charge in [-0.15, -0.1) is 0 Å². The molecule has 1 amide bonds. The summed E-state index contributed by atoms with van der Waals surface area (Å²) >= 11 is 0. The van der Waals surface area contributed by atoms with E-state index < -0.39 is 5.60 Å². The summed E-state index contributed by atoms with van der Waals surface area (Å²) in [5.41, 5.74) is -0.525. The number of nitrogens with zero attached hydrogens (tertiary/aromatic N) is 1. The van der Waals surface area contributed by atoms with Crippen LogP contribution >= 0.6 is 0 Å². The van der Waals surface area contributed by atoms with Gasteiger partial charge in [0.05, 0.1) is 0 Å². The zero-order chi connectivity index (χ0) is 12.7. The van der Waals surface area contributed by atoms with Crippen LogP contribution in [0.4, 0.5) is 4.79 Å². The van der Waals surface area contributed by atoms with Gasteiger partial charge in [0.25, 0.3) is 0 Å². The molecule has 1 heterocycles. The molecule has 2 rings (SSSR count). The molecular weight excluding hydrogens is 218 g/mol. The largest absolute Gasteiger partial charge is 0.444 e. The van der Waals surface area contributed by atoms with Crippen molar-refractivity contribution in [1.82, 2.24) is 4.90 Å². The van der Waals surface area contributed by atoms with Crippen LogP contribution in [0.2, 0.25) is 0 Å². The summed E-state index contributed by atoms with van der Waals surface area (Å²) in [4.78, 5) is 24.6. The van der Waals surface area contributed by atoms with Crippen molar-refractivity contribution in [2.75, 3.05) is 6.54 Å². The molecule has 0 N–H and O–H groups in total. The second-order valence-electron chi connectivity index (χ2n) is 6.26. The predicted octanol–water partition coefficient (Wildman–Crippen LogP) is 2.37. The van der Waals surface area contributed by atoms with E-state index in [0.29, 0.717) is 0 Å². The SMILES string of the molecule is CC(C)(C)OC(=O)N1CCCC12CC(C=O)C2. The fourth-order valence-electron chi connectivity index (χ4n) is 2.98. The number of carbonyl (C=O) groups is 2. The minimum Gasteiger partial charge on any atom is -0.444 e. The summed E-state index contributed by atoms with van der Waals surface area (Å²) in [6, 6.07) is 0. The van der Waals surface area contributed by atoms with Crippen molar-refractivity contribution < 1.29 is 14.3 Å². The van der Waals surface area contributed by atoms with E-state index in [1.807, 2.05) is 25.7 Å². The molecule has 0 unspecified atom stereocenters. The molecule has 1 aliphatic carbocycles. The third-order valence-electron chi connectivity index (χ3n) is 3.69. The highest BCUT2D eigenvalue weighted by Gasteiger charge is 2.53. The number of likely N-dealkylation sites (tertiary alicyclic amines) is 1. The molecule has 1 aliphatic heterocycles. The van der Waals surface area contributed by atoms with Gasteiger partial charge in [-0.3, -0.25) is 0 Å². The predicted molar refractivity (Wildman–Crippen MR) is 63.7 cm³/mol. The molecule has 0 atom stereocenters. The van der Waals surface area contributed by atoms with Gasteiger partial charge >= 0.3 is 6.09 Å². The van der Waals surface area contributed by atoms with Crippen LogP contribution in [0.5, 0.6) is 0 Å². The topological polar surface area (TPSA) is 46.6 Å². The third kappa shape index (κ3) is 2.31. The summed E-state index contributed by atoms with van der Waals surface area (Å²) in [5.74, 6) is 0.137. The van der Waals surface area contributed by atoms with E-state index in [1.54, 1.807) is 0 Å². The minimum atomic E-state index is -0.450. The summed E-state index contributed by atoms with van der Waals surface area (Å²) < 4.78 is 5.42. The molecule has 0 aromatic carbocycles. The monoisotopic (exact) mass is 239 g/mol. The fraction of sp³-hybridized carbons (Fsp3) is 0.846. The zero-order valence-corrected chi connectivity index (χ0v) is 10.9. The lowest BCUT2D eigenvalue weighted by Crippen LogP contribution is -2.57. The Bertz CT molecular complexity index is 326. The van der Waals surface area contributed by atoms with E-state index in [4.69, 9.17) is 4.74 Å². The summed E-state index contributed by atoms with van der Waals surface area (Å²) in [6.07, 6.45) is 4.45. The first kappa shape index (κ1) is 12.4. The van der Waals surface area contributed by atoms with Gasteiger partial charge in [0, 0.05) is 18.0 Å². The minimum absolute atomic E-state index is 0.0755. The Morgan fingerprint density at radius 3 is 2.59 bits per heavy atom. The van der Waals surface area contributed by atoms with Crippen LogP contribution < -0.4 is 0 Å². The molecule has 1 saturated heterocycles. The average molecular weight is 239 g/mol. The summed E-state index contributed by atoms with van der Waals surface area (Å²) in [7, 11) is 0. The highest BCUT2D eigenvalue weighted by atomic mass is 16.6. The van der Waals surface area contributed by atoms with Gasteiger partial charge in [0.2, 0.25) is 0 Å². The maximum Gasteiger partial charge on any atom is 0.410 e. The van der Waals surface area contributed by atoms with Crippen molar-refractivity contribution in [2.45, 2.75) is 57.6 Å². The molecule has 0 aromatic heterocycles. The van der Waals surface area contributed by atoms with Gasteiger partial charge in [-0.05, 0) is 46.5 Å². The number of hydrogen-bond donors (Lipinski definition) is 0. The van der Waals surface area contributed by atoms with Crippen molar-refractivity contribution >= 4 is 12.4 Å². The fourth-order valence-corrected chi connectivity index (χ4v) is 2.98. The number of aldehydes is 1. The molecule has 96 valence electrons. The Morgan fingerprint density at radius 1 is 1.41 bits per heavy atom. The van der Waals surface area contributed by atoms with Gasteiger partial charge < -0.3 is 14.4 Å². The van der Waals surface area contributed by atoms with E-state index >= 15 is 0 Å². The third-order valence-corrected chi connectivity index (χ3v) is 3.69. The van der Waals surface area contributed by atoms with Crippen LogP contribution in [-0.4, -0.2) is 35.0 Å². The normalized spacial score (nSPS) is 32.4. The molecule has 0 bridgehead atoms. The first-order valence-electron chi connectivity index (χ1n) is 6.32. The molecule has 0 radical (unpaired) electrons. The van der Waals surface area contributed by atoms with E-state index in [2.05, 4.69) is 0 Å². The Morgan fingerprint density at radius 2 is 2.06 bits per heavy atom. The highest BCUT2D eigenvalue weighted by molar-refractivity contribution is 5.71. The highest BCUT2D eigenvalue weighted by Crippen LogP contribution is 2.48. The van der Waals surface area contributed by atoms with Crippen LogP contribution in [0.25, 0.3) is 0 Å². The van der Waals surface area contributed by atoms with Gasteiger partial charge in [-0.1, -0.05) is 0 Å². The molecule has 2 aliphatic rings. The number of amides is 1. The smallest absolute Gasteiger partial charge is 0.410 e. The van der Waals surface area contributed by atoms with E-state index in [0.717, 1.165) is 38.5 Å². The first-order chi connectivity index (χ1) is 7.86. The Balaban J connectivity index is 2.01. The van der Waals surface area contributed by atoms with Crippen molar-refractivity contribution in [1.29, 1.82) is 0 Å². The Labute approximate surface area is 102 Å². The van der Waals surface area contributed by atoms with Gasteiger partial charge in [-0.25, -0.2) is 4.79 Å². The molecule has 1 spiro atoms. The van der Waals surface area contributed by atoms with Crippen LogP contribution in [0, 0.1) is 5.92 Å². The summed E-state index contributed by atoms with van der Waals surface area (Å²) in [5, 5.41) is 0. The lowest BCUT2D eigenvalue weighted by atomic mass is 9.67. The van der Waals surface area contributed by atoms with Gasteiger partial charge in [0.15, 0.2) is 0 Å². The van der Waals surface area contributed by atoms with Gasteiger partial charge in [0.1, 0.15) is 11.9 Å². The number of carbonyl (C=O) groups excluding carboxylic acids is 2. The molecule has 4 nitrogen and oxygen atoms in total. The zero-order valence-electron chi connectivity index (χ0n) is 10.9. The van der Waals surface area contributed by atoms with E-state index in [1.165, 1.54) is 0 Å². The van der Waals surface area contributed by atoms with Crippen LogP contribution in [0.3, 0.4) is 0 Å².